The van der Waals surface area contributed by atoms with Gasteiger partial charge in [-0.25, -0.2) is 0 Å². The van der Waals surface area contributed by atoms with Gasteiger partial charge in [0.1, 0.15) is 17.5 Å². The van der Waals surface area contributed by atoms with Crippen molar-refractivity contribution in [1.29, 1.82) is 0 Å². The van der Waals surface area contributed by atoms with Crippen LogP contribution in [0.4, 0.5) is 0 Å². The summed E-state index contributed by atoms with van der Waals surface area (Å²) < 4.78 is 10.8. The zero-order valence-electron chi connectivity index (χ0n) is 10.3. The van der Waals surface area contributed by atoms with E-state index in [1.807, 2.05) is 6.07 Å². The molecule has 0 aliphatic carbocycles. The molecule has 2 rings (SSSR count). The zero-order chi connectivity index (χ0) is 12.3. The summed E-state index contributed by atoms with van der Waals surface area (Å²) in [6.07, 6.45) is 2.98. The number of aromatic nitrogens is 1. The van der Waals surface area contributed by atoms with Crippen molar-refractivity contribution in [1.82, 2.24) is 4.98 Å². The minimum absolute atomic E-state index is 0.115. The molecule has 4 nitrogen and oxygen atoms in total. The normalized spacial score (nSPS) is 25.8. The highest BCUT2D eigenvalue weighted by Gasteiger charge is 2.35. The first-order valence-electron chi connectivity index (χ1n) is 6.06. The molecule has 1 aliphatic heterocycles. The van der Waals surface area contributed by atoms with Gasteiger partial charge in [-0.1, -0.05) is 6.92 Å². The highest BCUT2D eigenvalue weighted by Crippen LogP contribution is 2.36. The molecule has 3 unspecified atom stereocenters. The third-order valence-corrected chi connectivity index (χ3v) is 3.37. The Kier molecular flexibility index (Phi) is 3.97. The first kappa shape index (κ1) is 12.3. The Bertz CT molecular complexity index is 369. The summed E-state index contributed by atoms with van der Waals surface area (Å²) >= 11 is 0. The molecule has 17 heavy (non-hydrogen) atoms. The minimum Gasteiger partial charge on any atom is -0.495 e. The molecule has 0 amide bonds. The fourth-order valence-corrected chi connectivity index (χ4v) is 2.45. The van der Waals surface area contributed by atoms with E-state index in [9.17, 15) is 5.11 Å². The highest BCUT2D eigenvalue weighted by molar-refractivity contribution is 5.29. The molecule has 0 aromatic carbocycles. The maximum Gasteiger partial charge on any atom is 0.143 e. The standard InChI is InChI=1S/C13H19NO3/c1-3-10-9(6-8-17-10)13(15)12-11(16-2)5-4-7-14-12/h4-5,7,9-10,13,15H,3,6,8H2,1-2H3. The summed E-state index contributed by atoms with van der Waals surface area (Å²) in [6, 6.07) is 3.62. The Morgan fingerprint density at radius 1 is 1.65 bits per heavy atom. The number of ether oxygens (including phenoxy) is 2. The highest BCUT2D eigenvalue weighted by atomic mass is 16.5. The molecular formula is C13H19NO3. The van der Waals surface area contributed by atoms with Crippen LogP contribution in [-0.2, 0) is 4.74 Å². The van der Waals surface area contributed by atoms with Gasteiger partial charge in [-0.3, -0.25) is 4.98 Å². The van der Waals surface area contributed by atoms with Crippen molar-refractivity contribution in [3.8, 4) is 5.75 Å². The van der Waals surface area contributed by atoms with Crippen LogP contribution in [0.3, 0.4) is 0 Å². The SMILES string of the molecule is CCC1OCCC1C(O)c1ncccc1OC. The van der Waals surface area contributed by atoms with Gasteiger partial charge in [-0.2, -0.15) is 0 Å². The molecule has 94 valence electrons. The molecule has 1 aromatic heterocycles. The molecule has 4 heteroatoms. The third kappa shape index (κ3) is 2.42. The van der Waals surface area contributed by atoms with E-state index < -0.39 is 6.10 Å². The maximum absolute atomic E-state index is 10.4. The molecule has 0 bridgehead atoms. The molecule has 1 saturated heterocycles. The molecule has 2 heterocycles. The van der Waals surface area contributed by atoms with E-state index in [2.05, 4.69) is 11.9 Å². The van der Waals surface area contributed by atoms with Crippen LogP contribution >= 0.6 is 0 Å². The Morgan fingerprint density at radius 3 is 3.18 bits per heavy atom. The van der Waals surface area contributed by atoms with Crippen LogP contribution in [0.15, 0.2) is 18.3 Å². The van der Waals surface area contributed by atoms with Crippen molar-refractivity contribution < 1.29 is 14.6 Å². The van der Waals surface area contributed by atoms with Crippen LogP contribution in [0.1, 0.15) is 31.6 Å². The predicted octanol–water partition coefficient (Wildman–Crippen LogP) is 1.94. The molecule has 1 aliphatic rings. The number of nitrogens with zero attached hydrogens (tertiary/aromatic N) is 1. The second-order valence-corrected chi connectivity index (χ2v) is 4.31. The largest absolute Gasteiger partial charge is 0.495 e. The van der Waals surface area contributed by atoms with E-state index in [0.717, 1.165) is 19.4 Å². The lowest BCUT2D eigenvalue weighted by molar-refractivity contribution is 0.0278. The third-order valence-electron chi connectivity index (χ3n) is 3.37. The molecule has 0 saturated carbocycles. The summed E-state index contributed by atoms with van der Waals surface area (Å²) in [7, 11) is 1.59. The van der Waals surface area contributed by atoms with Gasteiger partial charge in [0, 0.05) is 18.7 Å². The Labute approximate surface area is 102 Å². The van der Waals surface area contributed by atoms with E-state index >= 15 is 0 Å². The second kappa shape index (κ2) is 5.47. The summed E-state index contributed by atoms with van der Waals surface area (Å²) in [5.41, 5.74) is 0.615. The van der Waals surface area contributed by atoms with Crippen LogP contribution in [0.25, 0.3) is 0 Å². The Morgan fingerprint density at radius 2 is 2.47 bits per heavy atom. The fraction of sp³-hybridized carbons (Fsp3) is 0.615. The zero-order valence-corrected chi connectivity index (χ0v) is 10.3. The number of hydrogen-bond acceptors (Lipinski definition) is 4. The monoisotopic (exact) mass is 237 g/mol. The lowest BCUT2D eigenvalue weighted by Gasteiger charge is -2.23. The van der Waals surface area contributed by atoms with Crippen molar-refractivity contribution in [2.45, 2.75) is 32.0 Å². The molecule has 0 spiro atoms. The molecule has 1 fully saturated rings. The lowest BCUT2D eigenvalue weighted by atomic mass is 9.91. The average Bonchev–Trinajstić information content (AvgIpc) is 2.86. The molecular weight excluding hydrogens is 218 g/mol. The number of pyridine rings is 1. The summed E-state index contributed by atoms with van der Waals surface area (Å²) in [6.45, 7) is 2.79. The van der Waals surface area contributed by atoms with Gasteiger partial charge in [0.2, 0.25) is 0 Å². The number of aliphatic hydroxyl groups is 1. The van der Waals surface area contributed by atoms with Crippen molar-refractivity contribution in [3.05, 3.63) is 24.0 Å². The van der Waals surface area contributed by atoms with Gasteiger partial charge < -0.3 is 14.6 Å². The average molecular weight is 237 g/mol. The first-order valence-corrected chi connectivity index (χ1v) is 6.06. The topological polar surface area (TPSA) is 51.6 Å². The van der Waals surface area contributed by atoms with Gasteiger partial charge in [0.15, 0.2) is 0 Å². The van der Waals surface area contributed by atoms with Gasteiger partial charge in [-0.05, 0) is 25.0 Å². The van der Waals surface area contributed by atoms with Gasteiger partial charge >= 0.3 is 0 Å². The van der Waals surface area contributed by atoms with Crippen molar-refractivity contribution in [2.24, 2.45) is 5.92 Å². The molecule has 0 radical (unpaired) electrons. The lowest BCUT2D eigenvalue weighted by Crippen LogP contribution is -2.23. The first-order chi connectivity index (χ1) is 8.27. The van der Waals surface area contributed by atoms with Gasteiger partial charge in [0.05, 0.1) is 13.2 Å². The van der Waals surface area contributed by atoms with Crippen LogP contribution in [-0.4, -0.2) is 29.9 Å². The Hall–Kier alpha value is -1.13. The fourth-order valence-electron chi connectivity index (χ4n) is 2.45. The summed E-state index contributed by atoms with van der Waals surface area (Å²) in [5.74, 6) is 0.755. The van der Waals surface area contributed by atoms with Crippen LogP contribution in [0, 0.1) is 5.92 Å². The van der Waals surface area contributed by atoms with Crippen LogP contribution in [0.5, 0.6) is 5.75 Å². The van der Waals surface area contributed by atoms with Crippen molar-refractivity contribution in [2.75, 3.05) is 13.7 Å². The van der Waals surface area contributed by atoms with Crippen LogP contribution in [0.2, 0.25) is 0 Å². The number of rotatable bonds is 4. The number of methoxy groups -OCH3 is 1. The van der Waals surface area contributed by atoms with Gasteiger partial charge in [-0.15, -0.1) is 0 Å². The second-order valence-electron chi connectivity index (χ2n) is 4.31. The smallest absolute Gasteiger partial charge is 0.143 e. The quantitative estimate of drug-likeness (QED) is 0.869. The van der Waals surface area contributed by atoms with Crippen molar-refractivity contribution >= 4 is 0 Å². The van der Waals surface area contributed by atoms with Gasteiger partial charge in [0.25, 0.3) is 0 Å². The molecule has 1 N–H and O–H groups in total. The Balaban J connectivity index is 2.21. The summed E-state index contributed by atoms with van der Waals surface area (Å²) in [4.78, 5) is 4.23. The van der Waals surface area contributed by atoms with E-state index in [1.165, 1.54) is 0 Å². The molecule has 3 atom stereocenters. The summed E-state index contributed by atoms with van der Waals surface area (Å²) in [5, 5.41) is 10.4. The van der Waals surface area contributed by atoms with E-state index in [0.29, 0.717) is 11.4 Å². The number of aliphatic hydroxyl groups excluding tert-OH is 1. The van der Waals surface area contributed by atoms with Crippen molar-refractivity contribution in [3.63, 3.8) is 0 Å². The predicted molar refractivity (Wildman–Crippen MR) is 63.9 cm³/mol. The van der Waals surface area contributed by atoms with E-state index in [4.69, 9.17) is 9.47 Å². The van der Waals surface area contributed by atoms with E-state index in [1.54, 1.807) is 19.4 Å². The minimum atomic E-state index is -0.612. The molecule has 1 aromatic rings. The maximum atomic E-state index is 10.4. The van der Waals surface area contributed by atoms with E-state index in [-0.39, 0.29) is 12.0 Å². The van der Waals surface area contributed by atoms with Crippen LogP contribution < -0.4 is 4.74 Å². The number of hydrogen-bond donors (Lipinski definition) is 1.